The van der Waals surface area contributed by atoms with Gasteiger partial charge in [-0.25, -0.2) is 0 Å². The lowest BCUT2D eigenvalue weighted by molar-refractivity contribution is -0.133. The normalized spacial score (nSPS) is 10.8. The summed E-state index contributed by atoms with van der Waals surface area (Å²) in [5.74, 6) is 0.507. The second kappa shape index (κ2) is 8.90. The Morgan fingerprint density at radius 1 is 1.08 bits per heavy atom. The first-order chi connectivity index (χ1) is 12.3. The number of hydrogen-bond donors (Lipinski definition) is 0. The predicted molar refractivity (Wildman–Crippen MR) is 101 cm³/mol. The maximum Gasteiger partial charge on any atom is 0.308 e. The number of fused-ring (bicyclic) bond motifs is 1. The Hall–Kier alpha value is -2.27. The SMILES string of the molecule is CC(=O)Oc1c(OCCCC(C)C)cc(OC(C)=O)c2c(Cl)cccc12. The minimum atomic E-state index is -0.475. The van der Waals surface area contributed by atoms with E-state index in [2.05, 4.69) is 13.8 Å². The van der Waals surface area contributed by atoms with Gasteiger partial charge in [-0.2, -0.15) is 0 Å². The summed E-state index contributed by atoms with van der Waals surface area (Å²) < 4.78 is 16.5. The van der Waals surface area contributed by atoms with E-state index in [1.807, 2.05) is 0 Å². The molecule has 0 spiro atoms. The number of carbonyl (C=O) groups excluding carboxylic acids is 2. The summed E-state index contributed by atoms with van der Waals surface area (Å²) in [6.07, 6.45) is 1.87. The topological polar surface area (TPSA) is 61.8 Å². The summed E-state index contributed by atoms with van der Waals surface area (Å²) in [5.41, 5.74) is 0. The summed E-state index contributed by atoms with van der Waals surface area (Å²) >= 11 is 6.30. The lowest BCUT2D eigenvalue weighted by atomic mass is 10.1. The molecule has 0 aliphatic rings. The van der Waals surface area contributed by atoms with Crippen molar-refractivity contribution in [1.29, 1.82) is 0 Å². The van der Waals surface area contributed by atoms with E-state index in [9.17, 15) is 9.59 Å². The van der Waals surface area contributed by atoms with Gasteiger partial charge in [-0.1, -0.05) is 37.6 Å². The smallest absolute Gasteiger partial charge is 0.308 e. The summed E-state index contributed by atoms with van der Waals surface area (Å²) in [6.45, 7) is 7.37. The van der Waals surface area contributed by atoms with E-state index in [4.69, 9.17) is 25.8 Å². The molecule has 0 atom stereocenters. The largest absolute Gasteiger partial charge is 0.490 e. The van der Waals surface area contributed by atoms with Gasteiger partial charge in [-0.05, 0) is 24.8 Å². The first-order valence-electron chi connectivity index (χ1n) is 8.54. The molecule has 2 aromatic rings. The number of halogens is 1. The van der Waals surface area contributed by atoms with Gasteiger partial charge in [-0.15, -0.1) is 0 Å². The molecule has 0 N–H and O–H groups in total. The fourth-order valence-corrected chi connectivity index (χ4v) is 2.89. The fourth-order valence-electron chi connectivity index (χ4n) is 2.62. The molecular formula is C20H23ClO5. The molecule has 0 unspecified atom stereocenters. The minimum Gasteiger partial charge on any atom is -0.490 e. The van der Waals surface area contributed by atoms with Crippen LogP contribution in [0.2, 0.25) is 5.02 Å². The Balaban J connectivity index is 2.52. The quantitative estimate of drug-likeness (QED) is 0.378. The maximum atomic E-state index is 11.6. The number of esters is 2. The molecule has 0 heterocycles. The number of ether oxygens (including phenoxy) is 3. The third-order valence-corrected chi connectivity index (χ3v) is 3.99. The van der Waals surface area contributed by atoms with Crippen LogP contribution in [0.5, 0.6) is 17.2 Å². The molecule has 0 aliphatic carbocycles. The van der Waals surface area contributed by atoms with E-state index < -0.39 is 11.9 Å². The average Bonchev–Trinajstić information content (AvgIpc) is 2.53. The van der Waals surface area contributed by atoms with Crippen molar-refractivity contribution in [2.75, 3.05) is 6.61 Å². The van der Waals surface area contributed by atoms with Crippen LogP contribution in [0.15, 0.2) is 24.3 Å². The predicted octanol–water partition coefficient (Wildman–Crippen LogP) is 5.16. The molecule has 0 bridgehead atoms. The van der Waals surface area contributed by atoms with E-state index in [0.717, 1.165) is 12.8 Å². The zero-order chi connectivity index (χ0) is 19.3. The summed E-state index contributed by atoms with van der Waals surface area (Å²) in [6, 6.07) is 6.70. The van der Waals surface area contributed by atoms with Crippen LogP contribution in [0.4, 0.5) is 0 Å². The molecule has 6 heteroatoms. The monoisotopic (exact) mass is 378 g/mol. The lowest BCUT2D eigenvalue weighted by Gasteiger charge is -2.17. The van der Waals surface area contributed by atoms with Crippen molar-refractivity contribution in [3.8, 4) is 17.2 Å². The summed E-state index contributed by atoms with van der Waals surface area (Å²) in [5, 5.41) is 1.43. The average molecular weight is 379 g/mol. The van der Waals surface area contributed by atoms with Gasteiger partial charge < -0.3 is 14.2 Å². The molecule has 2 rings (SSSR count). The van der Waals surface area contributed by atoms with Gasteiger partial charge in [-0.3, -0.25) is 9.59 Å². The Morgan fingerprint density at radius 2 is 1.77 bits per heavy atom. The number of hydrogen-bond acceptors (Lipinski definition) is 5. The van der Waals surface area contributed by atoms with Crippen molar-refractivity contribution in [3.63, 3.8) is 0 Å². The molecule has 0 aliphatic heterocycles. The Bertz CT molecular complexity index is 813. The third-order valence-electron chi connectivity index (χ3n) is 3.67. The van der Waals surface area contributed by atoms with Crippen LogP contribution in [0.3, 0.4) is 0 Å². The molecule has 0 fully saturated rings. The fraction of sp³-hybridized carbons (Fsp3) is 0.400. The van der Waals surface area contributed by atoms with Crippen molar-refractivity contribution in [2.45, 2.75) is 40.5 Å². The van der Waals surface area contributed by atoms with Crippen LogP contribution >= 0.6 is 11.6 Å². The van der Waals surface area contributed by atoms with Gasteiger partial charge in [0.15, 0.2) is 11.5 Å². The molecule has 0 radical (unpaired) electrons. The highest BCUT2D eigenvalue weighted by Gasteiger charge is 2.20. The standard InChI is InChI=1S/C20H23ClO5/c1-12(2)7-6-10-24-18-11-17(25-13(3)22)19-15(8-5-9-16(19)21)20(18)26-14(4)23/h5,8-9,11-12H,6-7,10H2,1-4H3. The second-order valence-electron chi connectivity index (χ2n) is 6.44. The number of rotatable bonds is 7. The first kappa shape index (κ1) is 20.0. The second-order valence-corrected chi connectivity index (χ2v) is 6.84. The third kappa shape index (κ3) is 5.11. The number of benzene rings is 2. The van der Waals surface area contributed by atoms with Crippen molar-refractivity contribution >= 4 is 34.3 Å². The van der Waals surface area contributed by atoms with Crippen LogP contribution in [0.25, 0.3) is 10.8 Å². The van der Waals surface area contributed by atoms with E-state index in [1.54, 1.807) is 24.3 Å². The van der Waals surface area contributed by atoms with Gasteiger partial charge in [0.1, 0.15) is 5.75 Å². The van der Waals surface area contributed by atoms with Crippen LogP contribution in [0, 0.1) is 5.92 Å². The van der Waals surface area contributed by atoms with Crippen molar-refractivity contribution in [3.05, 3.63) is 29.3 Å². The minimum absolute atomic E-state index is 0.271. The van der Waals surface area contributed by atoms with Crippen molar-refractivity contribution < 1.29 is 23.8 Å². The maximum absolute atomic E-state index is 11.6. The van der Waals surface area contributed by atoms with Gasteiger partial charge in [0.25, 0.3) is 0 Å². The Kier molecular flexibility index (Phi) is 6.86. The Labute approximate surface area is 158 Å². The lowest BCUT2D eigenvalue weighted by Crippen LogP contribution is -2.08. The van der Waals surface area contributed by atoms with Gasteiger partial charge in [0.05, 0.1) is 11.6 Å². The molecule has 26 heavy (non-hydrogen) atoms. The summed E-state index contributed by atoms with van der Waals surface area (Å²) in [4.78, 5) is 23.1. The molecule has 0 aromatic heterocycles. The van der Waals surface area contributed by atoms with E-state index in [0.29, 0.717) is 34.1 Å². The molecular weight excluding hydrogens is 356 g/mol. The van der Waals surface area contributed by atoms with Crippen molar-refractivity contribution in [1.82, 2.24) is 0 Å². The first-order valence-corrected chi connectivity index (χ1v) is 8.92. The molecule has 0 saturated heterocycles. The molecule has 5 nitrogen and oxygen atoms in total. The molecule has 140 valence electrons. The highest BCUT2D eigenvalue weighted by atomic mass is 35.5. The van der Waals surface area contributed by atoms with Gasteiger partial charge in [0.2, 0.25) is 0 Å². The van der Waals surface area contributed by atoms with Crippen LogP contribution in [-0.2, 0) is 9.59 Å². The van der Waals surface area contributed by atoms with Crippen LogP contribution in [-0.4, -0.2) is 18.5 Å². The van der Waals surface area contributed by atoms with Gasteiger partial charge in [0, 0.05) is 30.7 Å². The highest BCUT2D eigenvalue weighted by molar-refractivity contribution is 6.36. The summed E-state index contributed by atoms with van der Waals surface area (Å²) in [7, 11) is 0. The number of carbonyl (C=O) groups is 2. The van der Waals surface area contributed by atoms with E-state index in [1.165, 1.54) is 13.8 Å². The Morgan fingerprint density at radius 3 is 2.38 bits per heavy atom. The zero-order valence-electron chi connectivity index (χ0n) is 15.4. The molecule has 0 saturated carbocycles. The molecule has 0 amide bonds. The van der Waals surface area contributed by atoms with Crippen LogP contribution < -0.4 is 14.2 Å². The van der Waals surface area contributed by atoms with Gasteiger partial charge >= 0.3 is 11.9 Å². The van der Waals surface area contributed by atoms with Crippen molar-refractivity contribution in [2.24, 2.45) is 5.92 Å². The van der Waals surface area contributed by atoms with Crippen LogP contribution in [0.1, 0.15) is 40.5 Å². The van der Waals surface area contributed by atoms with E-state index >= 15 is 0 Å². The molecule has 2 aromatic carbocycles. The zero-order valence-corrected chi connectivity index (χ0v) is 16.2. The van der Waals surface area contributed by atoms with E-state index in [-0.39, 0.29) is 11.5 Å². The highest BCUT2D eigenvalue weighted by Crippen LogP contribution is 2.44.